The number of nitrogens with zero attached hydrogens (tertiary/aromatic N) is 3. The summed E-state index contributed by atoms with van der Waals surface area (Å²) in [6.07, 6.45) is 2.01. The summed E-state index contributed by atoms with van der Waals surface area (Å²) < 4.78 is 7.30. The van der Waals surface area contributed by atoms with E-state index in [0.717, 1.165) is 31.8 Å². The lowest BCUT2D eigenvalue weighted by atomic mass is 9.85. The first kappa shape index (κ1) is 9.77. The van der Waals surface area contributed by atoms with Crippen LogP contribution in [0.3, 0.4) is 0 Å². The van der Waals surface area contributed by atoms with Gasteiger partial charge in [0, 0.05) is 20.2 Å². The summed E-state index contributed by atoms with van der Waals surface area (Å²) in [5.74, 6) is 0.961. The van der Waals surface area contributed by atoms with Crippen molar-refractivity contribution in [3.05, 3.63) is 11.6 Å². The lowest BCUT2D eigenvalue weighted by Crippen LogP contribution is -2.25. The van der Waals surface area contributed by atoms with Gasteiger partial charge in [-0.1, -0.05) is 0 Å². The monoisotopic (exact) mass is 222 g/mol. The molecule has 1 spiro atoms. The normalized spacial score (nSPS) is 27.3. The van der Waals surface area contributed by atoms with Gasteiger partial charge in [-0.25, -0.2) is 9.67 Å². The smallest absolute Gasteiger partial charge is 0.290 e. The van der Waals surface area contributed by atoms with Gasteiger partial charge in [-0.2, -0.15) is 0 Å². The van der Waals surface area contributed by atoms with E-state index in [2.05, 4.69) is 15.4 Å². The molecule has 2 aliphatic heterocycles. The Kier molecular flexibility index (Phi) is 2.00. The Balaban J connectivity index is 1.99. The van der Waals surface area contributed by atoms with Crippen molar-refractivity contribution in [1.29, 1.82) is 0 Å². The summed E-state index contributed by atoms with van der Waals surface area (Å²) >= 11 is 0. The second-order valence-electron chi connectivity index (χ2n) is 4.39. The maximum Gasteiger partial charge on any atom is 0.290 e. The standard InChI is InChI=1S/C10H14N4O2/c1-11-8(15)7-12-9-10(3-5-16-6-10)2-4-14(9)13-7/h2-6H2,1H3,(H,11,15). The van der Waals surface area contributed by atoms with Gasteiger partial charge in [0.2, 0.25) is 5.82 Å². The molecule has 1 unspecified atom stereocenters. The number of carbonyl (C=O) groups is 1. The van der Waals surface area contributed by atoms with E-state index in [9.17, 15) is 4.79 Å². The second-order valence-corrected chi connectivity index (χ2v) is 4.39. The Morgan fingerprint density at radius 2 is 2.44 bits per heavy atom. The first-order chi connectivity index (χ1) is 7.75. The van der Waals surface area contributed by atoms with Crippen LogP contribution in [0.5, 0.6) is 0 Å². The van der Waals surface area contributed by atoms with Crippen molar-refractivity contribution < 1.29 is 9.53 Å². The van der Waals surface area contributed by atoms with E-state index in [1.165, 1.54) is 0 Å². The highest BCUT2D eigenvalue weighted by Crippen LogP contribution is 2.40. The van der Waals surface area contributed by atoms with E-state index in [4.69, 9.17) is 4.74 Å². The number of amides is 1. The molecule has 1 atom stereocenters. The average molecular weight is 222 g/mol. The summed E-state index contributed by atoms with van der Waals surface area (Å²) in [5.41, 5.74) is 0.0132. The van der Waals surface area contributed by atoms with Crippen LogP contribution in [0.2, 0.25) is 0 Å². The first-order valence-corrected chi connectivity index (χ1v) is 5.50. The fourth-order valence-corrected chi connectivity index (χ4v) is 2.51. The van der Waals surface area contributed by atoms with Crippen molar-refractivity contribution in [3.63, 3.8) is 0 Å². The van der Waals surface area contributed by atoms with E-state index in [1.807, 2.05) is 4.68 Å². The number of hydrogen-bond acceptors (Lipinski definition) is 4. The molecule has 3 rings (SSSR count). The SMILES string of the molecule is CNC(=O)c1nc2n(n1)CCC21CCOC1. The summed E-state index contributed by atoms with van der Waals surface area (Å²) in [6.45, 7) is 2.32. The molecule has 6 nitrogen and oxygen atoms in total. The molecular formula is C10H14N4O2. The minimum atomic E-state index is -0.226. The van der Waals surface area contributed by atoms with Crippen LogP contribution in [0.25, 0.3) is 0 Å². The van der Waals surface area contributed by atoms with E-state index >= 15 is 0 Å². The Morgan fingerprint density at radius 1 is 1.56 bits per heavy atom. The molecule has 86 valence electrons. The zero-order valence-corrected chi connectivity index (χ0v) is 9.19. The van der Waals surface area contributed by atoms with Crippen LogP contribution in [0.1, 0.15) is 29.3 Å². The number of rotatable bonds is 1. The van der Waals surface area contributed by atoms with Crippen LogP contribution in [0.4, 0.5) is 0 Å². The fraction of sp³-hybridized carbons (Fsp3) is 0.700. The molecule has 0 aromatic carbocycles. The Morgan fingerprint density at radius 3 is 3.12 bits per heavy atom. The van der Waals surface area contributed by atoms with Crippen molar-refractivity contribution in [1.82, 2.24) is 20.1 Å². The van der Waals surface area contributed by atoms with Crippen LogP contribution in [0, 0.1) is 0 Å². The summed E-state index contributed by atoms with van der Waals surface area (Å²) in [4.78, 5) is 15.8. The number of carbonyl (C=O) groups excluding carboxylic acids is 1. The average Bonchev–Trinajstić information content (AvgIpc) is 2.98. The van der Waals surface area contributed by atoms with Crippen molar-refractivity contribution in [3.8, 4) is 0 Å². The summed E-state index contributed by atoms with van der Waals surface area (Å²) in [5, 5.41) is 6.76. The molecule has 6 heteroatoms. The van der Waals surface area contributed by atoms with Gasteiger partial charge < -0.3 is 10.1 Å². The minimum absolute atomic E-state index is 0.0132. The van der Waals surface area contributed by atoms with E-state index in [-0.39, 0.29) is 17.1 Å². The Hall–Kier alpha value is -1.43. The van der Waals surface area contributed by atoms with Gasteiger partial charge >= 0.3 is 0 Å². The van der Waals surface area contributed by atoms with Gasteiger partial charge in [-0.3, -0.25) is 4.79 Å². The van der Waals surface area contributed by atoms with Crippen molar-refractivity contribution in [2.24, 2.45) is 0 Å². The zero-order valence-electron chi connectivity index (χ0n) is 9.19. The molecule has 0 aliphatic carbocycles. The maximum absolute atomic E-state index is 11.4. The van der Waals surface area contributed by atoms with Crippen LogP contribution in [0.15, 0.2) is 0 Å². The number of aromatic nitrogens is 3. The van der Waals surface area contributed by atoms with Gasteiger partial charge in [0.05, 0.1) is 12.0 Å². The highest BCUT2D eigenvalue weighted by molar-refractivity contribution is 5.90. The minimum Gasteiger partial charge on any atom is -0.380 e. The van der Waals surface area contributed by atoms with E-state index in [1.54, 1.807) is 7.05 Å². The highest BCUT2D eigenvalue weighted by atomic mass is 16.5. The van der Waals surface area contributed by atoms with Crippen LogP contribution >= 0.6 is 0 Å². The van der Waals surface area contributed by atoms with E-state index < -0.39 is 0 Å². The molecule has 1 fully saturated rings. The third kappa shape index (κ3) is 1.19. The number of hydrogen-bond donors (Lipinski definition) is 1. The molecule has 1 saturated heterocycles. The number of ether oxygens (including phenoxy) is 1. The van der Waals surface area contributed by atoms with Crippen LogP contribution in [-0.4, -0.2) is 40.9 Å². The highest BCUT2D eigenvalue weighted by Gasteiger charge is 2.45. The predicted molar refractivity (Wildman–Crippen MR) is 55.1 cm³/mol. The van der Waals surface area contributed by atoms with Gasteiger partial charge in [0.15, 0.2) is 0 Å². The molecular weight excluding hydrogens is 208 g/mol. The number of aryl methyl sites for hydroxylation is 1. The van der Waals surface area contributed by atoms with Gasteiger partial charge in [-0.15, -0.1) is 5.10 Å². The molecule has 0 bridgehead atoms. The summed E-state index contributed by atoms with van der Waals surface area (Å²) in [7, 11) is 1.59. The first-order valence-electron chi connectivity index (χ1n) is 5.50. The quantitative estimate of drug-likeness (QED) is 0.708. The fourth-order valence-electron chi connectivity index (χ4n) is 2.51. The molecule has 3 heterocycles. The van der Waals surface area contributed by atoms with Gasteiger partial charge in [0.1, 0.15) is 5.82 Å². The topological polar surface area (TPSA) is 69.0 Å². The molecule has 2 aliphatic rings. The molecule has 16 heavy (non-hydrogen) atoms. The Labute approximate surface area is 93.0 Å². The lowest BCUT2D eigenvalue weighted by molar-refractivity contribution is 0.0952. The van der Waals surface area contributed by atoms with Gasteiger partial charge in [0.25, 0.3) is 5.91 Å². The van der Waals surface area contributed by atoms with E-state index in [0.29, 0.717) is 6.61 Å². The van der Waals surface area contributed by atoms with Crippen molar-refractivity contribution in [2.75, 3.05) is 20.3 Å². The second kappa shape index (κ2) is 3.28. The third-order valence-electron chi connectivity index (χ3n) is 3.48. The molecule has 1 amide bonds. The summed E-state index contributed by atoms with van der Waals surface area (Å²) in [6, 6.07) is 0. The maximum atomic E-state index is 11.4. The number of fused-ring (bicyclic) bond motifs is 2. The third-order valence-corrected chi connectivity index (χ3v) is 3.48. The van der Waals surface area contributed by atoms with Crippen LogP contribution in [-0.2, 0) is 16.7 Å². The zero-order chi connectivity index (χ0) is 11.2. The Bertz CT molecular complexity index is 434. The van der Waals surface area contributed by atoms with Crippen molar-refractivity contribution in [2.45, 2.75) is 24.8 Å². The molecule has 1 N–H and O–H groups in total. The van der Waals surface area contributed by atoms with Crippen LogP contribution < -0.4 is 5.32 Å². The largest absolute Gasteiger partial charge is 0.380 e. The molecule has 0 radical (unpaired) electrons. The van der Waals surface area contributed by atoms with Crippen molar-refractivity contribution >= 4 is 5.91 Å². The predicted octanol–water partition coefficient (Wildman–Crippen LogP) is -0.301. The van der Waals surface area contributed by atoms with Gasteiger partial charge in [-0.05, 0) is 12.8 Å². The molecule has 1 aromatic heterocycles. The number of nitrogens with one attached hydrogen (secondary N) is 1. The molecule has 1 aromatic rings. The molecule has 0 saturated carbocycles. The lowest BCUT2D eigenvalue weighted by Gasteiger charge is -2.17.